The van der Waals surface area contributed by atoms with E-state index in [1.807, 2.05) is 0 Å². The highest BCUT2D eigenvalue weighted by Crippen LogP contribution is 2.13. The van der Waals surface area contributed by atoms with Gasteiger partial charge in [0.1, 0.15) is 18.3 Å². The molecular formula is C4H2ClF3O2. The van der Waals surface area contributed by atoms with Gasteiger partial charge in [-0.05, 0) is 0 Å². The van der Waals surface area contributed by atoms with Gasteiger partial charge in [-0.3, -0.25) is 4.79 Å². The van der Waals surface area contributed by atoms with E-state index < -0.39 is 24.3 Å². The molecule has 0 spiro atoms. The minimum Gasteiger partial charge on any atom is -0.347 e. The summed E-state index contributed by atoms with van der Waals surface area (Å²) in [6.45, 7) is 0. The van der Waals surface area contributed by atoms with Gasteiger partial charge < -0.3 is 4.29 Å². The molecule has 2 nitrogen and oxygen atoms in total. The molecule has 0 atom stereocenters. The van der Waals surface area contributed by atoms with Crippen molar-refractivity contribution in [3.63, 3.8) is 0 Å². The lowest BCUT2D eigenvalue weighted by molar-refractivity contribution is -0.133. The molecule has 0 radical (unpaired) electrons. The first-order chi connectivity index (χ1) is 4.57. The Hall–Kier alpha value is -0.710. The van der Waals surface area contributed by atoms with Gasteiger partial charge in [0.15, 0.2) is 5.83 Å². The van der Waals surface area contributed by atoms with Crippen LogP contribution in [0.3, 0.4) is 0 Å². The van der Waals surface area contributed by atoms with E-state index in [-0.39, 0.29) is 0 Å². The SMILES string of the molecule is O=C(CC(F)=C(F)F)OCl. The number of hydrogen-bond acceptors (Lipinski definition) is 2. The van der Waals surface area contributed by atoms with E-state index in [9.17, 15) is 18.0 Å². The molecule has 0 saturated heterocycles. The Kier molecular flexibility index (Phi) is 3.87. The van der Waals surface area contributed by atoms with Crippen LogP contribution in [0.1, 0.15) is 6.42 Å². The van der Waals surface area contributed by atoms with Gasteiger partial charge in [0.25, 0.3) is 0 Å². The predicted octanol–water partition coefficient (Wildman–Crippen LogP) is 2.15. The molecule has 0 bridgehead atoms. The summed E-state index contributed by atoms with van der Waals surface area (Å²) in [5, 5.41) is 0. The molecule has 0 aliphatic carbocycles. The molecule has 0 amide bonds. The second kappa shape index (κ2) is 4.16. The van der Waals surface area contributed by atoms with Crippen LogP contribution in [0, 0.1) is 0 Å². The van der Waals surface area contributed by atoms with Crippen molar-refractivity contribution in [2.45, 2.75) is 6.42 Å². The van der Waals surface area contributed by atoms with Gasteiger partial charge in [0.2, 0.25) is 0 Å². The van der Waals surface area contributed by atoms with Crippen LogP contribution in [-0.2, 0) is 9.08 Å². The van der Waals surface area contributed by atoms with Crippen molar-refractivity contribution in [1.29, 1.82) is 0 Å². The Bertz CT molecular complexity index is 164. The van der Waals surface area contributed by atoms with E-state index in [0.29, 0.717) is 0 Å². The molecule has 0 saturated carbocycles. The van der Waals surface area contributed by atoms with E-state index in [1.165, 1.54) is 0 Å². The van der Waals surface area contributed by atoms with Gasteiger partial charge in [-0.25, -0.2) is 4.39 Å². The molecule has 0 heterocycles. The number of carbonyl (C=O) groups excluding carboxylic acids is 1. The Morgan fingerprint density at radius 2 is 1.90 bits per heavy atom. The Morgan fingerprint density at radius 1 is 1.40 bits per heavy atom. The maximum Gasteiger partial charge on any atom is 0.331 e. The van der Waals surface area contributed by atoms with Crippen molar-refractivity contribution >= 4 is 17.8 Å². The van der Waals surface area contributed by atoms with E-state index in [2.05, 4.69) is 16.2 Å². The number of rotatable bonds is 2. The summed E-state index contributed by atoms with van der Waals surface area (Å²) < 4.78 is 37.5. The molecule has 0 rings (SSSR count). The topological polar surface area (TPSA) is 26.3 Å². The van der Waals surface area contributed by atoms with Crippen LogP contribution < -0.4 is 0 Å². The minimum atomic E-state index is -2.54. The van der Waals surface area contributed by atoms with Crippen LogP contribution in [-0.4, -0.2) is 5.97 Å². The molecule has 0 aromatic heterocycles. The zero-order valence-electron chi connectivity index (χ0n) is 4.54. The Labute approximate surface area is 59.4 Å². The van der Waals surface area contributed by atoms with Crippen molar-refractivity contribution in [3.8, 4) is 0 Å². The minimum absolute atomic E-state index is 1.13. The lowest BCUT2D eigenvalue weighted by Crippen LogP contribution is -1.96. The lowest BCUT2D eigenvalue weighted by Gasteiger charge is -1.90. The summed E-state index contributed by atoms with van der Waals surface area (Å²) in [5.41, 5.74) is 0. The van der Waals surface area contributed by atoms with Crippen LogP contribution in [0.5, 0.6) is 0 Å². The molecule has 0 aromatic rings. The lowest BCUT2D eigenvalue weighted by atomic mass is 10.4. The van der Waals surface area contributed by atoms with Crippen molar-refractivity contribution in [2.24, 2.45) is 0 Å². The summed E-state index contributed by atoms with van der Waals surface area (Å²) in [5.74, 6) is -3.09. The molecule has 0 aromatic carbocycles. The highest BCUT2D eigenvalue weighted by molar-refractivity contribution is 6.13. The Balaban J connectivity index is 3.92. The average Bonchev–Trinajstić information content (AvgIpc) is 1.87. The highest BCUT2D eigenvalue weighted by Gasteiger charge is 2.11. The first-order valence-electron chi connectivity index (χ1n) is 2.09. The van der Waals surface area contributed by atoms with E-state index in [0.717, 1.165) is 0 Å². The molecule has 0 fully saturated rings. The van der Waals surface area contributed by atoms with Crippen LogP contribution >= 0.6 is 11.9 Å². The summed E-state index contributed by atoms with van der Waals surface area (Å²) >= 11 is 4.42. The summed E-state index contributed by atoms with van der Waals surface area (Å²) in [6, 6.07) is 0. The summed E-state index contributed by atoms with van der Waals surface area (Å²) in [7, 11) is 0. The first-order valence-corrected chi connectivity index (χ1v) is 2.40. The van der Waals surface area contributed by atoms with Crippen LogP contribution in [0.4, 0.5) is 13.2 Å². The molecule has 0 N–H and O–H groups in total. The number of carbonyl (C=O) groups is 1. The molecule has 0 aliphatic heterocycles. The van der Waals surface area contributed by atoms with Crippen molar-refractivity contribution in [3.05, 3.63) is 11.9 Å². The van der Waals surface area contributed by atoms with Gasteiger partial charge >= 0.3 is 12.0 Å². The van der Waals surface area contributed by atoms with Gasteiger partial charge in [-0.2, -0.15) is 8.78 Å². The summed E-state index contributed by atoms with van der Waals surface area (Å²) in [6.07, 6.45) is -3.67. The third-order valence-electron chi connectivity index (χ3n) is 0.591. The van der Waals surface area contributed by atoms with Gasteiger partial charge in [-0.1, -0.05) is 0 Å². The third-order valence-corrected chi connectivity index (χ3v) is 0.763. The second-order valence-electron chi connectivity index (χ2n) is 1.29. The molecule has 0 aliphatic rings. The normalized spacial score (nSPS) is 8.80. The van der Waals surface area contributed by atoms with Crippen LogP contribution in [0.2, 0.25) is 0 Å². The fourth-order valence-corrected chi connectivity index (χ4v) is 0.275. The maximum absolute atomic E-state index is 11.7. The molecular weight excluding hydrogens is 172 g/mol. The quantitative estimate of drug-likeness (QED) is 0.641. The highest BCUT2D eigenvalue weighted by atomic mass is 35.5. The predicted molar refractivity (Wildman–Crippen MR) is 26.9 cm³/mol. The van der Waals surface area contributed by atoms with Crippen LogP contribution in [0.25, 0.3) is 0 Å². The molecule has 58 valence electrons. The first kappa shape index (κ1) is 9.29. The monoisotopic (exact) mass is 174 g/mol. The van der Waals surface area contributed by atoms with E-state index in [1.54, 1.807) is 0 Å². The standard InChI is InChI=1S/C4H2ClF3O2/c5-10-3(9)1-2(6)4(7)8/h1H2. The zero-order chi connectivity index (χ0) is 8.15. The Morgan fingerprint density at radius 3 is 2.20 bits per heavy atom. The molecule has 0 unspecified atom stereocenters. The van der Waals surface area contributed by atoms with Gasteiger partial charge in [0.05, 0.1) is 0 Å². The van der Waals surface area contributed by atoms with Gasteiger partial charge in [0, 0.05) is 0 Å². The van der Waals surface area contributed by atoms with Crippen molar-refractivity contribution in [2.75, 3.05) is 0 Å². The van der Waals surface area contributed by atoms with Crippen LogP contribution in [0.15, 0.2) is 11.9 Å². The molecule has 10 heavy (non-hydrogen) atoms. The largest absolute Gasteiger partial charge is 0.347 e. The molecule has 6 heteroatoms. The zero-order valence-corrected chi connectivity index (χ0v) is 5.29. The number of hydrogen-bond donors (Lipinski definition) is 0. The smallest absolute Gasteiger partial charge is 0.331 e. The average molecular weight is 175 g/mol. The fraction of sp³-hybridized carbons (Fsp3) is 0.250. The van der Waals surface area contributed by atoms with E-state index in [4.69, 9.17) is 0 Å². The second-order valence-corrected chi connectivity index (χ2v) is 1.45. The van der Waals surface area contributed by atoms with E-state index >= 15 is 0 Å². The third kappa shape index (κ3) is 3.34. The van der Waals surface area contributed by atoms with Crippen molar-refractivity contribution in [1.82, 2.24) is 0 Å². The van der Waals surface area contributed by atoms with Gasteiger partial charge in [-0.15, -0.1) is 0 Å². The summed E-state index contributed by atoms with van der Waals surface area (Å²) in [4.78, 5) is 9.96. The maximum atomic E-state index is 11.7. The number of halogens is 4. The fourth-order valence-electron chi connectivity index (χ4n) is 0.221. The van der Waals surface area contributed by atoms with Crippen molar-refractivity contribution < 1.29 is 22.3 Å².